The number of aliphatic carboxylic acids is 1. The highest BCUT2D eigenvalue weighted by Crippen LogP contribution is 2.23. The predicted octanol–water partition coefficient (Wildman–Crippen LogP) is 1.68. The smallest absolute Gasteiger partial charge is 0.326 e. The van der Waals surface area contributed by atoms with Crippen molar-refractivity contribution in [2.75, 3.05) is 13.7 Å². The zero-order valence-electron chi connectivity index (χ0n) is 10.9. The van der Waals surface area contributed by atoms with Crippen LogP contribution in [0.3, 0.4) is 0 Å². The van der Waals surface area contributed by atoms with Crippen LogP contribution < -0.4 is 4.74 Å². The SMILES string of the molecule is CCOc1ncc(C(=O)N(C)C(C)C(=O)O)cc1Cl. The molecule has 1 unspecified atom stereocenters. The van der Waals surface area contributed by atoms with Crippen LogP contribution in [0.15, 0.2) is 12.3 Å². The first-order valence-electron chi connectivity index (χ1n) is 5.66. The monoisotopic (exact) mass is 286 g/mol. The number of carbonyl (C=O) groups excluding carboxylic acids is 1. The highest BCUT2D eigenvalue weighted by Gasteiger charge is 2.23. The number of hydrogen-bond donors (Lipinski definition) is 1. The molecule has 1 atom stereocenters. The summed E-state index contributed by atoms with van der Waals surface area (Å²) in [7, 11) is 1.41. The maximum Gasteiger partial charge on any atom is 0.326 e. The topological polar surface area (TPSA) is 79.7 Å². The zero-order valence-corrected chi connectivity index (χ0v) is 11.6. The molecular formula is C12H15ClN2O4. The third-order valence-corrected chi connectivity index (χ3v) is 2.86. The number of amides is 1. The van der Waals surface area contributed by atoms with Gasteiger partial charge in [-0.1, -0.05) is 11.6 Å². The first-order valence-corrected chi connectivity index (χ1v) is 6.04. The molecular weight excluding hydrogens is 272 g/mol. The largest absolute Gasteiger partial charge is 0.480 e. The summed E-state index contributed by atoms with van der Waals surface area (Å²) in [5.74, 6) is -1.30. The lowest BCUT2D eigenvalue weighted by atomic mass is 10.2. The number of nitrogens with zero attached hydrogens (tertiary/aromatic N) is 2. The van der Waals surface area contributed by atoms with Crippen LogP contribution >= 0.6 is 11.6 Å². The van der Waals surface area contributed by atoms with E-state index in [1.807, 2.05) is 0 Å². The number of likely N-dealkylation sites (N-methyl/N-ethyl adjacent to an activating group) is 1. The van der Waals surface area contributed by atoms with Gasteiger partial charge in [0.2, 0.25) is 5.88 Å². The summed E-state index contributed by atoms with van der Waals surface area (Å²) in [6, 6.07) is 0.477. The van der Waals surface area contributed by atoms with Gasteiger partial charge in [-0.2, -0.15) is 0 Å². The van der Waals surface area contributed by atoms with Crippen LogP contribution in [0.2, 0.25) is 5.02 Å². The number of carbonyl (C=O) groups is 2. The van der Waals surface area contributed by atoms with Crippen molar-refractivity contribution in [1.29, 1.82) is 0 Å². The van der Waals surface area contributed by atoms with Gasteiger partial charge in [-0.15, -0.1) is 0 Å². The summed E-state index contributed by atoms with van der Waals surface area (Å²) in [4.78, 5) is 27.9. The van der Waals surface area contributed by atoms with E-state index in [0.717, 1.165) is 4.90 Å². The summed E-state index contributed by atoms with van der Waals surface area (Å²) >= 11 is 5.92. The fourth-order valence-corrected chi connectivity index (χ4v) is 1.55. The van der Waals surface area contributed by atoms with Crippen LogP contribution in [0.5, 0.6) is 5.88 Å². The second-order valence-corrected chi connectivity index (χ2v) is 4.28. The molecule has 1 amide bonds. The minimum Gasteiger partial charge on any atom is -0.480 e. The molecule has 1 aromatic heterocycles. The second kappa shape index (κ2) is 6.38. The molecule has 6 nitrogen and oxygen atoms in total. The van der Waals surface area contributed by atoms with Gasteiger partial charge in [0.1, 0.15) is 11.1 Å². The van der Waals surface area contributed by atoms with E-state index in [0.29, 0.717) is 6.61 Å². The van der Waals surface area contributed by atoms with Crippen molar-refractivity contribution >= 4 is 23.5 Å². The van der Waals surface area contributed by atoms with Gasteiger partial charge in [-0.25, -0.2) is 9.78 Å². The molecule has 0 radical (unpaired) electrons. The van der Waals surface area contributed by atoms with Crippen molar-refractivity contribution in [1.82, 2.24) is 9.88 Å². The molecule has 1 N–H and O–H groups in total. The zero-order chi connectivity index (χ0) is 14.6. The van der Waals surface area contributed by atoms with Gasteiger partial charge in [0, 0.05) is 13.2 Å². The normalized spacial score (nSPS) is 11.8. The van der Waals surface area contributed by atoms with E-state index in [2.05, 4.69) is 4.98 Å². The van der Waals surface area contributed by atoms with Gasteiger partial charge in [0.05, 0.1) is 12.2 Å². The van der Waals surface area contributed by atoms with Crippen LogP contribution in [0.4, 0.5) is 0 Å². The highest BCUT2D eigenvalue weighted by molar-refractivity contribution is 6.32. The van der Waals surface area contributed by atoms with E-state index in [1.165, 1.54) is 26.2 Å². The van der Waals surface area contributed by atoms with E-state index in [-0.39, 0.29) is 16.5 Å². The van der Waals surface area contributed by atoms with Gasteiger partial charge in [-0.05, 0) is 19.9 Å². The molecule has 104 valence electrons. The van der Waals surface area contributed by atoms with Gasteiger partial charge < -0.3 is 14.7 Å². The molecule has 0 aliphatic heterocycles. The molecule has 0 spiro atoms. The van der Waals surface area contributed by atoms with Crippen LogP contribution in [0.1, 0.15) is 24.2 Å². The average Bonchev–Trinajstić information content (AvgIpc) is 2.38. The molecule has 7 heteroatoms. The molecule has 0 aliphatic carbocycles. The Morgan fingerprint density at radius 1 is 1.58 bits per heavy atom. The molecule has 1 heterocycles. The Morgan fingerprint density at radius 3 is 2.68 bits per heavy atom. The van der Waals surface area contributed by atoms with E-state index >= 15 is 0 Å². The third kappa shape index (κ3) is 3.57. The van der Waals surface area contributed by atoms with E-state index in [9.17, 15) is 9.59 Å². The van der Waals surface area contributed by atoms with Crippen molar-refractivity contribution in [2.45, 2.75) is 19.9 Å². The Labute approximate surface area is 115 Å². The quantitative estimate of drug-likeness (QED) is 0.891. The van der Waals surface area contributed by atoms with Crippen LogP contribution in [-0.2, 0) is 4.79 Å². The number of pyridine rings is 1. The van der Waals surface area contributed by atoms with E-state index < -0.39 is 17.9 Å². The molecule has 19 heavy (non-hydrogen) atoms. The first-order chi connectivity index (χ1) is 8.88. The van der Waals surface area contributed by atoms with Gasteiger partial charge >= 0.3 is 5.97 Å². The maximum absolute atomic E-state index is 12.0. The van der Waals surface area contributed by atoms with Gasteiger partial charge in [-0.3, -0.25) is 4.79 Å². The highest BCUT2D eigenvalue weighted by atomic mass is 35.5. The van der Waals surface area contributed by atoms with Crippen molar-refractivity contribution in [3.8, 4) is 5.88 Å². The maximum atomic E-state index is 12.0. The number of rotatable bonds is 5. The predicted molar refractivity (Wildman–Crippen MR) is 69.6 cm³/mol. The molecule has 0 saturated carbocycles. The van der Waals surface area contributed by atoms with Crippen molar-refractivity contribution in [3.05, 3.63) is 22.8 Å². The number of ether oxygens (including phenoxy) is 1. The number of aromatic nitrogens is 1. The van der Waals surface area contributed by atoms with Crippen LogP contribution in [-0.4, -0.2) is 46.6 Å². The number of carboxylic acid groups (broad SMARTS) is 1. The lowest BCUT2D eigenvalue weighted by Gasteiger charge is -2.21. The van der Waals surface area contributed by atoms with Crippen LogP contribution in [0, 0.1) is 0 Å². The third-order valence-electron chi connectivity index (χ3n) is 2.59. The fraction of sp³-hybridized carbons (Fsp3) is 0.417. The second-order valence-electron chi connectivity index (χ2n) is 3.87. The molecule has 0 fully saturated rings. The summed E-state index contributed by atoms with van der Waals surface area (Å²) < 4.78 is 5.16. The van der Waals surface area contributed by atoms with Gasteiger partial charge in [0.15, 0.2) is 0 Å². The minimum absolute atomic E-state index is 0.212. The number of halogens is 1. The fourth-order valence-electron chi connectivity index (χ4n) is 1.33. The summed E-state index contributed by atoms with van der Waals surface area (Å²) in [6.45, 7) is 3.62. The van der Waals surface area contributed by atoms with Crippen molar-refractivity contribution < 1.29 is 19.4 Å². The molecule has 0 saturated heterocycles. The minimum atomic E-state index is -1.08. The molecule has 0 aliphatic rings. The lowest BCUT2D eigenvalue weighted by molar-refractivity contribution is -0.141. The Hall–Kier alpha value is -1.82. The Bertz CT molecular complexity index is 493. The number of hydrogen-bond acceptors (Lipinski definition) is 4. The van der Waals surface area contributed by atoms with E-state index in [4.69, 9.17) is 21.4 Å². The first kappa shape index (κ1) is 15.2. The molecule has 0 bridgehead atoms. The lowest BCUT2D eigenvalue weighted by Crippen LogP contribution is -2.40. The molecule has 1 aromatic rings. The van der Waals surface area contributed by atoms with E-state index in [1.54, 1.807) is 6.92 Å². The molecule has 1 rings (SSSR count). The Kier molecular flexibility index (Phi) is 5.11. The van der Waals surface area contributed by atoms with Crippen molar-refractivity contribution in [2.24, 2.45) is 0 Å². The Balaban J connectivity index is 2.94. The summed E-state index contributed by atoms with van der Waals surface area (Å²) in [5.41, 5.74) is 0.212. The van der Waals surface area contributed by atoms with Crippen LogP contribution in [0.25, 0.3) is 0 Å². The molecule has 0 aromatic carbocycles. The standard InChI is InChI=1S/C12H15ClN2O4/c1-4-19-10-9(13)5-8(6-14-10)11(16)15(3)7(2)12(17)18/h5-7H,4H2,1-3H3,(H,17,18). The van der Waals surface area contributed by atoms with Gasteiger partial charge in [0.25, 0.3) is 5.91 Å². The van der Waals surface area contributed by atoms with Crippen molar-refractivity contribution in [3.63, 3.8) is 0 Å². The Morgan fingerprint density at radius 2 is 2.21 bits per heavy atom. The summed E-state index contributed by atoms with van der Waals surface area (Å²) in [5, 5.41) is 9.07. The summed E-state index contributed by atoms with van der Waals surface area (Å²) in [6.07, 6.45) is 1.31. The number of carboxylic acids is 1. The average molecular weight is 287 g/mol.